The van der Waals surface area contributed by atoms with Gasteiger partial charge in [0.2, 0.25) is 0 Å². The highest BCUT2D eigenvalue weighted by Crippen LogP contribution is 2.30. The molecule has 0 spiro atoms. The summed E-state index contributed by atoms with van der Waals surface area (Å²) < 4.78 is 51.5. The van der Waals surface area contributed by atoms with Crippen molar-refractivity contribution in [3.8, 4) is 0 Å². The lowest BCUT2D eigenvalue weighted by atomic mass is 9.94. The number of carbonyl (C=O) groups is 1. The van der Waals surface area contributed by atoms with Gasteiger partial charge in [0.25, 0.3) is 5.91 Å². The second-order valence-corrected chi connectivity index (χ2v) is 5.03. The first-order chi connectivity index (χ1) is 9.69. The first-order valence-corrected chi connectivity index (χ1v) is 6.97. The van der Waals surface area contributed by atoms with Crippen LogP contribution in [0.15, 0.2) is 18.2 Å². The van der Waals surface area contributed by atoms with Gasteiger partial charge >= 0.3 is 6.18 Å². The third-order valence-corrected chi connectivity index (χ3v) is 4.04. The van der Waals surface area contributed by atoms with Gasteiger partial charge in [-0.1, -0.05) is 13.8 Å². The molecule has 0 bridgehead atoms. The Morgan fingerprint density at radius 1 is 1.24 bits per heavy atom. The van der Waals surface area contributed by atoms with Gasteiger partial charge in [-0.2, -0.15) is 13.2 Å². The summed E-state index contributed by atoms with van der Waals surface area (Å²) >= 11 is 5.81. The Hall–Kier alpha value is -1.30. The average molecular weight is 326 g/mol. The highest BCUT2D eigenvalue weighted by atomic mass is 35.5. The van der Waals surface area contributed by atoms with Gasteiger partial charge in [0, 0.05) is 5.88 Å². The fraction of sp³-hybridized carbons (Fsp3) is 0.500. The van der Waals surface area contributed by atoms with Crippen molar-refractivity contribution in [1.82, 2.24) is 5.32 Å². The van der Waals surface area contributed by atoms with Crippen LogP contribution in [-0.2, 0) is 6.18 Å². The summed E-state index contributed by atoms with van der Waals surface area (Å²) in [5, 5.41) is 2.54. The highest BCUT2D eigenvalue weighted by molar-refractivity contribution is 6.19. The summed E-state index contributed by atoms with van der Waals surface area (Å²) in [5.41, 5.74) is -2.47. The number of halogens is 5. The molecule has 0 aromatic heterocycles. The van der Waals surface area contributed by atoms with Gasteiger partial charge < -0.3 is 5.32 Å². The molecule has 7 heteroatoms. The monoisotopic (exact) mass is 325 g/mol. The number of alkyl halides is 4. The fourth-order valence-corrected chi connectivity index (χ4v) is 2.28. The van der Waals surface area contributed by atoms with Crippen LogP contribution in [-0.4, -0.2) is 17.3 Å². The van der Waals surface area contributed by atoms with Crippen molar-refractivity contribution in [2.45, 2.75) is 38.4 Å². The van der Waals surface area contributed by atoms with E-state index in [-0.39, 0.29) is 5.88 Å². The zero-order chi connectivity index (χ0) is 16.3. The second-order valence-electron chi connectivity index (χ2n) is 4.77. The van der Waals surface area contributed by atoms with Crippen LogP contribution in [0.1, 0.15) is 42.6 Å². The summed E-state index contributed by atoms with van der Waals surface area (Å²) in [4.78, 5) is 12.1. The van der Waals surface area contributed by atoms with Crippen molar-refractivity contribution < 1.29 is 22.4 Å². The predicted molar refractivity (Wildman–Crippen MR) is 72.9 cm³/mol. The lowest BCUT2D eigenvalue weighted by Crippen LogP contribution is -2.49. The normalized spacial score (nSPS) is 12.3. The van der Waals surface area contributed by atoms with Gasteiger partial charge in [-0.05, 0) is 31.0 Å². The third kappa shape index (κ3) is 4.09. The van der Waals surface area contributed by atoms with Crippen molar-refractivity contribution in [3.63, 3.8) is 0 Å². The van der Waals surface area contributed by atoms with Crippen LogP contribution in [0, 0.1) is 5.82 Å². The molecule has 1 amide bonds. The van der Waals surface area contributed by atoms with E-state index in [0.29, 0.717) is 31.0 Å². The van der Waals surface area contributed by atoms with Gasteiger partial charge in [-0.15, -0.1) is 11.6 Å². The number of carbonyl (C=O) groups excluding carboxylic acids is 1. The minimum absolute atomic E-state index is 0.0896. The van der Waals surface area contributed by atoms with Crippen LogP contribution < -0.4 is 5.32 Å². The van der Waals surface area contributed by atoms with E-state index in [4.69, 9.17) is 11.6 Å². The van der Waals surface area contributed by atoms with E-state index in [0.717, 1.165) is 0 Å². The molecule has 1 aromatic rings. The van der Waals surface area contributed by atoms with Crippen molar-refractivity contribution >= 4 is 17.5 Å². The van der Waals surface area contributed by atoms with Crippen LogP contribution in [0.4, 0.5) is 17.6 Å². The molecule has 2 nitrogen and oxygen atoms in total. The second kappa shape index (κ2) is 6.64. The van der Waals surface area contributed by atoms with Crippen molar-refractivity contribution in [2.24, 2.45) is 0 Å². The molecule has 0 saturated heterocycles. The van der Waals surface area contributed by atoms with E-state index in [1.54, 1.807) is 13.8 Å². The van der Waals surface area contributed by atoms with Gasteiger partial charge in [0.1, 0.15) is 5.82 Å². The number of benzene rings is 1. The fourth-order valence-electron chi connectivity index (χ4n) is 1.83. The third-order valence-electron chi connectivity index (χ3n) is 3.53. The molecule has 0 aliphatic rings. The minimum Gasteiger partial charge on any atom is -0.345 e. The molecule has 0 aliphatic carbocycles. The first kappa shape index (κ1) is 17.8. The Morgan fingerprint density at radius 2 is 1.81 bits per heavy atom. The zero-order valence-corrected chi connectivity index (χ0v) is 12.4. The maximum atomic E-state index is 13.6. The predicted octanol–water partition coefficient (Wildman–Crippen LogP) is 4.37. The molecule has 1 N–H and O–H groups in total. The summed E-state index contributed by atoms with van der Waals surface area (Å²) in [6.45, 7) is 3.57. The standard InChI is InChI=1S/C14H16ClF4NO/c1-3-13(4-2,8-15)20-12(21)10-7-9(14(17,18)19)5-6-11(10)16/h5-7H,3-4,8H2,1-2H3,(H,20,21). The Kier molecular flexibility index (Phi) is 5.61. The molecule has 0 heterocycles. The lowest BCUT2D eigenvalue weighted by molar-refractivity contribution is -0.137. The van der Waals surface area contributed by atoms with E-state index in [1.807, 2.05) is 0 Å². The van der Waals surface area contributed by atoms with E-state index >= 15 is 0 Å². The molecule has 1 aromatic carbocycles. The Bertz CT molecular complexity index is 504. The number of hydrogen-bond acceptors (Lipinski definition) is 1. The van der Waals surface area contributed by atoms with Crippen LogP contribution in [0.2, 0.25) is 0 Å². The van der Waals surface area contributed by atoms with Gasteiger partial charge in [0.05, 0.1) is 16.7 Å². The largest absolute Gasteiger partial charge is 0.416 e. The first-order valence-electron chi connectivity index (χ1n) is 6.44. The summed E-state index contributed by atoms with van der Waals surface area (Å²) in [5.74, 6) is -1.81. The summed E-state index contributed by atoms with van der Waals surface area (Å²) in [6.07, 6.45) is -3.67. The maximum Gasteiger partial charge on any atom is 0.416 e. The van der Waals surface area contributed by atoms with E-state index < -0.39 is 34.6 Å². The van der Waals surface area contributed by atoms with E-state index in [2.05, 4.69) is 5.32 Å². The molecule has 0 atom stereocenters. The van der Waals surface area contributed by atoms with Crippen molar-refractivity contribution in [3.05, 3.63) is 35.1 Å². The smallest absolute Gasteiger partial charge is 0.345 e. The molecule has 21 heavy (non-hydrogen) atoms. The van der Waals surface area contributed by atoms with Crippen LogP contribution in [0.25, 0.3) is 0 Å². The van der Waals surface area contributed by atoms with Gasteiger partial charge in [0.15, 0.2) is 0 Å². The molecular formula is C14H16ClF4NO. The Balaban J connectivity index is 3.13. The van der Waals surface area contributed by atoms with E-state index in [1.165, 1.54) is 0 Å². The van der Waals surface area contributed by atoms with Crippen molar-refractivity contribution in [1.29, 1.82) is 0 Å². The van der Waals surface area contributed by atoms with Crippen LogP contribution >= 0.6 is 11.6 Å². The number of rotatable bonds is 5. The summed E-state index contributed by atoms with van der Waals surface area (Å²) in [6, 6.07) is 1.74. The molecule has 1 rings (SSSR count). The molecule has 0 aliphatic heterocycles. The van der Waals surface area contributed by atoms with Crippen LogP contribution in [0.3, 0.4) is 0 Å². The molecule has 0 unspecified atom stereocenters. The topological polar surface area (TPSA) is 29.1 Å². The van der Waals surface area contributed by atoms with Crippen molar-refractivity contribution in [2.75, 3.05) is 5.88 Å². The number of hydrogen-bond donors (Lipinski definition) is 1. The Labute approximate surface area is 125 Å². The van der Waals surface area contributed by atoms with Gasteiger partial charge in [-0.3, -0.25) is 4.79 Å². The SMILES string of the molecule is CCC(CC)(CCl)NC(=O)c1cc(C(F)(F)F)ccc1F. The highest BCUT2D eigenvalue weighted by Gasteiger charge is 2.33. The molecule has 0 saturated carbocycles. The molecular weight excluding hydrogens is 310 g/mol. The zero-order valence-electron chi connectivity index (χ0n) is 11.7. The number of nitrogens with one attached hydrogen (secondary N) is 1. The number of amides is 1. The van der Waals surface area contributed by atoms with Crippen LogP contribution in [0.5, 0.6) is 0 Å². The summed E-state index contributed by atoms with van der Waals surface area (Å²) in [7, 11) is 0. The molecule has 0 fully saturated rings. The molecule has 0 radical (unpaired) electrons. The van der Waals surface area contributed by atoms with E-state index in [9.17, 15) is 22.4 Å². The average Bonchev–Trinajstić information content (AvgIpc) is 2.44. The molecule has 118 valence electrons. The minimum atomic E-state index is -4.64. The maximum absolute atomic E-state index is 13.6. The lowest BCUT2D eigenvalue weighted by Gasteiger charge is -2.30. The Morgan fingerprint density at radius 3 is 2.24 bits per heavy atom. The quantitative estimate of drug-likeness (QED) is 0.632. The van der Waals surface area contributed by atoms with Gasteiger partial charge in [-0.25, -0.2) is 4.39 Å².